The molecule has 0 saturated carbocycles. The molecule has 0 bridgehead atoms. The quantitative estimate of drug-likeness (QED) is 0.897. The lowest BCUT2D eigenvalue weighted by Gasteiger charge is -2.35. The SMILES string of the molecule is O=C(NCc1cc2ccccc2s1)[C@@H]1CCCN1C1CCNCC1. The van der Waals surface area contributed by atoms with E-state index < -0.39 is 0 Å². The van der Waals surface area contributed by atoms with Crippen molar-refractivity contribution in [1.82, 2.24) is 15.5 Å². The first-order valence-corrected chi connectivity index (χ1v) is 9.84. The minimum atomic E-state index is 0.0717. The van der Waals surface area contributed by atoms with Gasteiger partial charge in [-0.2, -0.15) is 0 Å². The number of piperidine rings is 1. The molecule has 2 aliphatic heterocycles. The molecule has 128 valence electrons. The maximum atomic E-state index is 12.7. The number of rotatable bonds is 4. The maximum Gasteiger partial charge on any atom is 0.237 e. The minimum Gasteiger partial charge on any atom is -0.350 e. The number of thiophene rings is 1. The van der Waals surface area contributed by atoms with Crippen LogP contribution in [0.2, 0.25) is 0 Å². The second-order valence-corrected chi connectivity index (χ2v) is 8.01. The zero-order valence-electron chi connectivity index (χ0n) is 14.0. The molecule has 0 spiro atoms. The Labute approximate surface area is 147 Å². The van der Waals surface area contributed by atoms with E-state index in [4.69, 9.17) is 0 Å². The van der Waals surface area contributed by atoms with Gasteiger partial charge in [-0.15, -0.1) is 11.3 Å². The Morgan fingerprint density at radius 3 is 2.92 bits per heavy atom. The molecule has 4 rings (SSSR count). The van der Waals surface area contributed by atoms with Gasteiger partial charge in [-0.3, -0.25) is 9.69 Å². The van der Waals surface area contributed by atoms with Crippen molar-refractivity contribution in [2.24, 2.45) is 0 Å². The van der Waals surface area contributed by atoms with Crippen LogP contribution in [-0.4, -0.2) is 42.5 Å². The molecule has 5 heteroatoms. The molecule has 2 N–H and O–H groups in total. The van der Waals surface area contributed by atoms with Crippen molar-refractivity contribution in [3.8, 4) is 0 Å². The number of carbonyl (C=O) groups excluding carboxylic acids is 1. The molecule has 4 nitrogen and oxygen atoms in total. The fraction of sp³-hybridized carbons (Fsp3) is 0.526. The summed E-state index contributed by atoms with van der Waals surface area (Å²) in [5.74, 6) is 0.212. The standard InChI is InChI=1S/C19H25N3OS/c23-19(17-5-3-11-22(17)15-7-9-20-10-8-15)21-13-16-12-14-4-1-2-6-18(14)24-16/h1-2,4,6,12,15,17,20H,3,5,7-11,13H2,(H,21,23)/t17-/m0/s1. The Kier molecular flexibility index (Phi) is 4.83. The summed E-state index contributed by atoms with van der Waals surface area (Å²) in [5, 5.41) is 7.87. The summed E-state index contributed by atoms with van der Waals surface area (Å²) in [5.41, 5.74) is 0. The Morgan fingerprint density at radius 1 is 1.25 bits per heavy atom. The van der Waals surface area contributed by atoms with Crippen LogP contribution >= 0.6 is 11.3 Å². The lowest BCUT2D eigenvalue weighted by molar-refractivity contribution is -0.126. The molecule has 2 aromatic rings. The van der Waals surface area contributed by atoms with Gasteiger partial charge in [0.05, 0.1) is 12.6 Å². The van der Waals surface area contributed by atoms with E-state index in [-0.39, 0.29) is 11.9 Å². The van der Waals surface area contributed by atoms with Gasteiger partial charge in [-0.05, 0) is 62.8 Å². The second kappa shape index (κ2) is 7.21. The van der Waals surface area contributed by atoms with E-state index in [1.54, 1.807) is 11.3 Å². The summed E-state index contributed by atoms with van der Waals surface area (Å²) < 4.78 is 1.29. The van der Waals surface area contributed by atoms with Gasteiger partial charge in [0.15, 0.2) is 0 Å². The number of nitrogens with one attached hydrogen (secondary N) is 2. The number of amides is 1. The van der Waals surface area contributed by atoms with Gasteiger partial charge in [0.1, 0.15) is 0 Å². The van der Waals surface area contributed by atoms with E-state index in [2.05, 4.69) is 45.9 Å². The molecule has 1 amide bonds. The Morgan fingerprint density at radius 2 is 2.08 bits per heavy atom. The molecule has 0 aliphatic carbocycles. The van der Waals surface area contributed by atoms with Gasteiger partial charge in [-0.1, -0.05) is 18.2 Å². The average Bonchev–Trinajstić information content (AvgIpc) is 3.27. The van der Waals surface area contributed by atoms with Crippen molar-refractivity contribution in [3.05, 3.63) is 35.2 Å². The Balaban J connectivity index is 1.37. The van der Waals surface area contributed by atoms with Crippen LogP contribution in [0.4, 0.5) is 0 Å². The number of benzene rings is 1. The summed E-state index contributed by atoms with van der Waals surface area (Å²) in [6, 6.07) is 11.2. The zero-order valence-corrected chi connectivity index (χ0v) is 14.8. The first kappa shape index (κ1) is 16.1. The van der Waals surface area contributed by atoms with Crippen LogP contribution in [0.5, 0.6) is 0 Å². The van der Waals surface area contributed by atoms with Crippen LogP contribution in [0, 0.1) is 0 Å². The Bertz CT molecular complexity index is 674. The van der Waals surface area contributed by atoms with Crippen LogP contribution < -0.4 is 10.6 Å². The van der Waals surface area contributed by atoms with E-state index in [1.807, 2.05) is 0 Å². The number of hydrogen-bond acceptors (Lipinski definition) is 4. The first-order chi connectivity index (χ1) is 11.8. The predicted molar refractivity (Wildman–Crippen MR) is 99.3 cm³/mol. The number of likely N-dealkylation sites (tertiary alicyclic amines) is 1. The molecule has 1 aromatic heterocycles. The normalized spacial score (nSPS) is 22.9. The van der Waals surface area contributed by atoms with E-state index in [0.717, 1.165) is 32.5 Å². The maximum absolute atomic E-state index is 12.7. The monoisotopic (exact) mass is 343 g/mol. The molecule has 1 atom stereocenters. The summed E-state index contributed by atoms with van der Waals surface area (Å²) >= 11 is 1.77. The Hall–Kier alpha value is -1.43. The summed E-state index contributed by atoms with van der Waals surface area (Å²) in [4.78, 5) is 16.4. The molecular formula is C19H25N3OS. The second-order valence-electron chi connectivity index (χ2n) is 6.85. The van der Waals surface area contributed by atoms with Gasteiger partial charge in [-0.25, -0.2) is 0 Å². The molecule has 0 radical (unpaired) electrons. The van der Waals surface area contributed by atoms with Crippen molar-refractivity contribution in [2.45, 2.75) is 44.3 Å². The van der Waals surface area contributed by atoms with Crippen LogP contribution in [0.3, 0.4) is 0 Å². The van der Waals surface area contributed by atoms with E-state index in [0.29, 0.717) is 12.6 Å². The van der Waals surface area contributed by atoms with Crippen molar-refractivity contribution in [3.63, 3.8) is 0 Å². The van der Waals surface area contributed by atoms with Gasteiger partial charge >= 0.3 is 0 Å². The highest BCUT2D eigenvalue weighted by atomic mass is 32.1. The number of nitrogens with zero attached hydrogens (tertiary/aromatic N) is 1. The van der Waals surface area contributed by atoms with Gasteiger partial charge in [0, 0.05) is 15.6 Å². The minimum absolute atomic E-state index is 0.0717. The van der Waals surface area contributed by atoms with Crippen molar-refractivity contribution < 1.29 is 4.79 Å². The summed E-state index contributed by atoms with van der Waals surface area (Å²) in [6.45, 7) is 3.88. The lowest BCUT2D eigenvalue weighted by Crippen LogP contribution is -2.50. The van der Waals surface area contributed by atoms with Gasteiger partial charge < -0.3 is 10.6 Å². The lowest BCUT2D eigenvalue weighted by atomic mass is 10.0. The first-order valence-electron chi connectivity index (χ1n) is 9.03. The van der Waals surface area contributed by atoms with E-state index >= 15 is 0 Å². The third-order valence-corrected chi connectivity index (χ3v) is 6.40. The van der Waals surface area contributed by atoms with Gasteiger partial charge in [0.2, 0.25) is 5.91 Å². The molecule has 3 heterocycles. The topological polar surface area (TPSA) is 44.4 Å². The fourth-order valence-electron chi connectivity index (χ4n) is 4.06. The van der Waals surface area contributed by atoms with Crippen LogP contribution in [0.25, 0.3) is 10.1 Å². The highest BCUT2D eigenvalue weighted by Crippen LogP contribution is 2.26. The largest absolute Gasteiger partial charge is 0.350 e. The average molecular weight is 343 g/mol. The summed E-state index contributed by atoms with van der Waals surface area (Å²) in [7, 11) is 0. The number of fused-ring (bicyclic) bond motifs is 1. The van der Waals surface area contributed by atoms with Crippen molar-refractivity contribution in [1.29, 1.82) is 0 Å². The fourth-order valence-corrected chi connectivity index (χ4v) is 5.07. The number of hydrogen-bond donors (Lipinski definition) is 2. The van der Waals surface area contributed by atoms with Crippen molar-refractivity contribution in [2.75, 3.05) is 19.6 Å². The molecule has 24 heavy (non-hydrogen) atoms. The third kappa shape index (κ3) is 3.34. The molecule has 2 fully saturated rings. The summed E-state index contributed by atoms with van der Waals surface area (Å²) in [6.07, 6.45) is 4.48. The van der Waals surface area contributed by atoms with Crippen LogP contribution in [0.15, 0.2) is 30.3 Å². The highest BCUT2D eigenvalue weighted by molar-refractivity contribution is 7.19. The highest BCUT2D eigenvalue weighted by Gasteiger charge is 2.35. The predicted octanol–water partition coefficient (Wildman–Crippen LogP) is 2.73. The molecular weight excluding hydrogens is 318 g/mol. The molecule has 1 aromatic carbocycles. The molecule has 2 saturated heterocycles. The van der Waals surface area contributed by atoms with Crippen LogP contribution in [0.1, 0.15) is 30.6 Å². The number of carbonyl (C=O) groups is 1. The smallest absolute Gasteiger partial charge is 0.237 e. The van der Waals surface area contributed by atoms with Gasteiger partial charge in [0.25, 0.3) is 0 Å². The molecule has 0 unspecified atom stereocenters. The third-order valence-electron chi connectivity index (χ3n) is 5.29. The van der Waals surface area contributed by atoms with Crippen molar-refractivity contribution >= 4 is 27.3 Å². The van der Waals surface area contributed by atoms with E-state index in [1.165, 1.54) is 27.8 Å². The van der Waals surface area contributed by atoms with E-state index in [9.17, 15) is 4.79 Å². The molecule has 2 aliphatic rings. The zero-order chi connectivity index (χ0) is 16.4. The van der Waals surface area contributed by atoms with Crippen LogP contribution in [-0.2, 0) is 11.3 Å².